The fraction of sp³-hybridized carbons (Fsp3) is 0.481. The first-order valence-electron chi connectivity index (χ1n) is 12.0. The van der Waals surface area contributed by atoms with E-state index in [0.29, 0.717) is 30.3 Å². The van der Waals surface area contributed by atoms with Crippen molar-refractivity contribution in [3.63, 3.8) is 0 Å². The third-order valence-electron chi connectivity index (χ3n) is 7.30. The summed E-state index contributed by atoms with van der Waals surface area (Å²) in [4.78, 5) is 28.5. The Balaban J connectivity index is 1.44. The number of amides is 1. The summed E-state index contributed by atoms with van der Waals surface area (Å²) < 4.78 is 0. The molecule has 0 aromatic heterocycles. The van der Waals surface area contributed by atoms with Gasteiger partial charge >= 0.3 is 5.97 Å². The number of phenolic OH excluding ortho intramolecular Hbond substituents is 1. The molecule has 2 N–H and O–H groups in total. The lowest BCUT2D eigenvalue weighted by atomic mass is 9.85. The van der Waals surface area contributed by atoms with Crippen molar-refractivity contribution < 1.29 is 19.8 Å². The molecule has 2 aromatic carbocycles. The number of hydrogen-bond donors (Lipinski definition) is 2. The number of carbonyl (C=O) groups excluding carboxylic acids is 1. The maximum absolute atomic E-state index is 13.0. The second kappa shape index (κ2) is 10.4. The molecule has 1 amide bonds. The Bertz CT molecular complexity index is 950. The molecule has 2 aromatic rings. The van der Waals surface area contributed by atoms with Gasteiger partial charge in [0.1, 0.15) is 5.75 Å². The zero-order valence-corrected chi connectivity index (χ0v) is 19.3. The van der Waals surface area contributed by atoms with Crippen LogP contribution in [0.4, 0.5) is 0 Å². The predicted octanol–water partition coefficient (Wildman–Crippen LogP) is 4.38. The van der Waals surface area contributed by atoms with E-state index in [1.165, 1.54) is 18.4 Å². The van der Waals surface area contributed by atoms with Crippen molar-refractivity contribution in [2.75, 3.05) is 6.54 Å². The maximum atomic E-state index is 13.0. The number of phenols is 1. The highest BCUT2D eigenvalue weighted by Crippen LogP contribution is 2.43. The normalized spacial score (nSPS) is 23.2. The van der Waals surface area contributed by atoms with Gasteiger partial charge in [0.05, 0.1) is 6.42 Å². The Morgan fingerprint density at radius 3 is 2.36 bits per heavy atom. The van der Waals surface area contributed by atoms with Gasteiger partial charge in [-0.05, 0) is 61.8 Å². The van der Waals surface area contributed by atoms with Crippen LogP contribution in [0.25, 0.3) is 0 Å². The fourth-order valence-corrected chi connectivity index (χ4v) is 5.65. The number of nitrogens with zero attached hydrogens (tertiary/aromatic N) is 2. The van der Waals surface area contributed by atoms with Crippen LogP contribution in [0, 0.1) is 0 Å². The monoisotopic (exact) mass is 450 g/mol. The minimum absolute atomic E-state index is 0.00748. The summed E-state index contributed by atoms with van der Waals surface area (Å²) in [7, 11) is 0. The summed E-state index contributed by atoms with van der Waals surface area (Å²) in [6.45, 7) is 3.38. The molecule has 2 aliphatic rings. The Kier molecular flexibility index (Phi) is 7.33. The SMILES string of the molecule is C[C@H](CN1[C@@H]2CC[C@H]1CC(c1cccc(O)c1)C2)N(Cc1ccccc1)C(=O)CCC(=O)O. The number of fused-ring (bicyclic) bond motifs is 2. The molecule has 0 aliphatic carbocycles. The molecular weight excluding hydrogens is 416 g/mol. The first-order chi connectivity index (χ1) is 15.9. The number of benzene rings is 2. The number of carboxylic acid groups (broad SMARTS) is 1. The van der Waals surface area contributed by atoms with Gasteiger partial charge in [-0.3, -0.25) is 14.5 Å². The Hall–Kier alpha value is -2.86. The van der Waals surface area contributed by atoms with E-state index >= 15 is 0 Å². The van der Waals surface area contributed by atoms with Gasteiger partial charge < -0.3 is 15.1 Å². The molecule has 2 heterocycles. The van der Waals surface area contributed by atoms with Crippen LogP contribution in [0.1, 0.15) is 62.5 Å². The predicted molar refractivity (Wildman–Crippen MR) is 127 cm³/mol. The third kappa shape index (κ3) is 5.74. The highest BCUT2D eigenvalue weighted by atomic mass is 16.4. The second-order valence-corrected chi connectivity index (χ2v) is 9.60. The topological polar surface area (TPSA) is 81.1 Å². The standard InChI is InChI=1S/C27H34N2O4/c1-19(28(26(31)12-13-27(32)33)18-20-6-3-2-4-7-20)17-29-23-10-11-24(29)15-22(14-23)21-8-5-9-25(30)16-21/h2-9,16,19,22-24,30H,10-15,17-18H2,1H3,(H,32,33)/t19-,22?,23-,24+/m1/s1. The first kappa shape index (κ1) is 23.3. The average molecular weight is 451 g/mol. The van der Waals surface area contributed by atoms with E-state index in [-0.39, 0.29) is 24.8 Å². The van der Waals surface area contributed by atoms with E-state index < -0.39 is 5.97 Å². The molecule has 33 heavy (non-hydrogen) atoms. The molecule has 2 aliphatic heterocycles. The number of carboxylic acids is 1. The smallest absolute Gasteiger partial charge is 0.303 e. The van der Waals surface area contributed by atoms with E-state index in [4.69, 9.17) is 5.11 Å². The number of rotatable bonds is 9. The van der Waals surface area contributed by atoms with Gasteiger partial charge in [0.15, 0.2) is 0 Å². The lowest BCUT2D eigenvalue weighted by molar-refractivity contribution is -0.142. The summed E-state index contributed by atoms with van der Waals surface area (Å²) in [5.74, 6) is -0.260. The Labute approximate surface area is 195 Å². The first-order valence-corrected chi connectivity index (χ1v) is 12.0. The van der Waals surface area contributed by atoms with E-state index in [1.807, 2.05) is 47.4 Å². The summed E-state index contributed by atoms with van der Waals surface area (Å²) in [6.07, 6.45) is 4.35. The molecule has 2 bridgehead atoms. The highest BCUT2D eigenvalue weighted by Gasteiger charge is 2.42. The van der Waals surface area contributed by atoms with Crippen LogP contribution in [0.3, 0.4) is 0 Å². The molecule has 4 rings (SSSR count). The van der Waals surface area contributed by atoms with Crippen LogP contribution in [0.15, 0.2) is 54.6 Å². The number of carbonyl (C=O) groups is 2. The molecule has 0 spiro atoms. The summed E-state index contributed by atoms with van der Waals surface area (Å²) in [5.41, 5.74) is 2.27. The lowest BCUT2D eigenvalue weighted by Crippen LogP contribution is -2.50. The van der Waals surface area contributed by atoms with Crippen molar-refractivity contribution in [2.45, 2.75) is 76.0 Å². The summed E-state index contributed by atoms with van der Waals surface area (Å²) >= 11 is 0. The van der Waals surface area contributed by atoms with Gasteiger partial charge in [-0.25, -0.2) is 0 Å². The van der Waals surface area contributed by atoms with Crippen LogP contribution >= 0.6 is 0 Å². The lowest BCUT2D eigenvalue weighted by Gasteiger charge is -2.42. The second-order valence-electron chi connectivity index (χ2n) is 9.60. The minimum atomic E-state index is -0.942. The van der Waals surface area contributed by atoms with Crippen molar-refractivity contribution in [3.05, 3.63) is 65.7 Å². The fourth-order valence-electron chi connectivity index (χ4n) is 5.65. The van der Waals surface area contributed by atoms with Gasteiger partial charge in [-0.1, -0.05) is 42.5 Å². The molecule has 6 heteroatoms. The molecule has 176 valence electrons. The Morgan fingerprint density at radius 2 is 1.73 bits per heavy atom. The van der Waals surface area contributed by atoms with Crippen molar-refractivity contribution in [1.29, 1.82) is 0 Å². The zero-order chi connectivity index (χ0) is 23.4. The van der Waals surface area contributed by atoms with E-state index in [9.17, 15) is 14.7 Å². The van der Waals surface area contributed by atoms with Crippen LogP contribution in [0.5, 0.6) is 5.75 Å². The zero-order valence-electron chi connectivity index (χ0n) is 19.3. The van der Waals surface area contributed by atoms with Crippen molar-refractivity contribution in [2.24, 2.45) is 0 Å². The van der Waals surface area contributed by atoms with Crippen LogP contribution < -0.4 is 0 Å². The van der Waals surface area contributed by atoms with Crippen molar-refractivity contribution >= 4 is 11.9 Å². The van der Waals surface area contributed by atoms with Gasteiger partial charge in [-0.2, -0.15) is 0 Å². The van der Waals surface area contributed by atoms with E-state index in [1.54, 1.807) is 6.07 Å². The molecule has 6 nitrogen and oxygen atoms in total. The molecule has 4 atom stereocenters. The van der Waals surface area contributed by atoms with Crippen LogP contribution in [-0.2, 0) is 16.1 Å². The van der Waals surface area contributed by atoms with E-state index in [2.05, 4.69) is 17.9 Å². The molecule has 1 unspecified atom stereocenters. The molecule has 2 fully saturated rings. The Morgan fingerprint density at radius 1 is 1.03 bits per heavy atom. The van der Waals surface area contributed by atoms with Crippen molar-refractivity contribution in [3.8, 4) is 5.75 Å². The summed E-state index contributed by atoms with van der Waals surface area (Å²) in [6, 6.07) is 18.5. The van der Waals surface area contributed by atoms with Crippen LogP contribution in [0.2, 0.25) is 0 Å². The van der Waals surface area contributed by atoms with Gasteiger partial charge in [0, 0.05) is 37.6 Å². The highest BCUT2D eigenvalue weighted by molar-refractivity contribution is 5.81. The van der Waals surface area contributed by atoms with Crippen LogP contribution in [-0.4, -0.2) is 56.6 Å². The molecule has 0 radical (unpaired) electrons. The molecular formula is C27H34N2O4. The molecule has 2 saturated heterocycles. The van der Waals surface area contributed by atoms with Crippen molar-refractivity contribution in [1.82, 2.24) is 9.80 Å². The van der Waals surface area contributed by atoms with Gasteiger partial charge in [0.2, 0.25) is 5.91 Å². The minimum Gasteiger partial charge on any atom is -0.508 e. The number of aliphatic carboxylic acids is 1. The largest absolute Gasteiger partial charge is 0.508 e. The number of aromatic hydroxyl groups is 1. The molecule has 0 saturated carbocycles. The quantitative estimate of drug-likeness (QED) is 0.592. The number of hydrogen-bond acceptors (Lipinski definition) is 4. The number of piperidine rings is 1. The van der Waals surface area contributed by atoms with E-state index in [0.717, 1.165) is 24.9 Å². The van der Waals surface area contributed by atoms with Gasteiger partial charge in [-0.15, -0.1) is 0 Å². The summed E-state index contributed by atoms with van der Waals surface area (Å²) in [5, 5.41) is 18.9. The average Bonchev–Trinajstić information content (AvgIpc) is 3.02. The maximum Gasteiger partial charge on any atom is 0.303 e. The third-order valence-corrected chi connectivity index (χ3v) is 7.30. The van der Waals surface area contributed by atoms with Gasteiger partial charge in [0.25, 0.3) is 0 Å².